The van der Waals surface area contributed by atoms with Gasteiger partial charge in [-0.15, -0.1) is 0 Å². The number of hydrogen-bond donors (Lipinski definition) is 1. The zero-order valence-electron chi connectivity index (χ0n) is 7.77. The maximum Gasteiger partial charge on any atom is 0.270 e. The Morgan fingerprint density at radius 3 is 2.46 bits per heavy atom. The Hall–Kier alpha value is -0.960. The van der Waals surface area contributed by atoms with Gasteiger partial charge < -0.3 is 5.73 Å². The van der Waals surface area contributed by atoms with Gasteiger partial charge in [0.2, 0.25) is 0 Å². The third kappa shape index (κ3) is 2.04. The van der Waals surface area contributed by atoms with Gasteiger partial charge in [-0.1, -0.05) is 18.2 Å². The Morgan fingerprint density at radius 1 is 1.38 bits per heavy atom. The number of alkyl halides is 2. The van der Waals surface area contributed by atoms with Crippen molar-refractivity contribution in [3.63, 3.8) is 0 Å². The molecule has 72 valence electrons. The molecular formula is C10H13F2N. The van der Waals surface area contributed by atoms with Gasteiger partial charge in [0.05, 0.1) is 0 Å². The predicted octanol–water partition coefficient (Wildman–Crippen LogP) is 2.57. The summed E-state index contributed by atoms with van der Waals surface area (Å²) in [4.78, 5) is 0. The summed E-state index contributed by atoms with van der Waals surface area (Å²) >= 11 is 0. The summed E-state index contributed by atoms with van der Waals surface area (Å²) in [6.45, 7) is 2.88. The van der Waals surface area contributed by atoms with Gasteiger partial charge in [0, 0.05) is 19.0 Å². The minimum absolute atomic E-state index is 0.0652. The molecule has 0 heterocycles. The highest BCUT2D eigenvalue weighted by molar-refractivity contribution is 5.36. The van der Waals surface area contributed by atoms with Crippen molar-refractivity contribution in [2.45, 2.75) is 26.3 Å². The van der Waals surface area contributed by atoms with Crippen LogP contribution in [0, 0.1) is 6.92 Å². The molecule has 0 saturated carbocycles. The maximum absolute atomic E-state index is 13.0. The normalized spacial score (nSPS) is 11.8. The standard InChI is InChI=1S/C10H13F2N/c1-7-8(6-13)4-3-5-9(7)10(2,11)12/h3-5H,6,13H2,1-2H3. The average Bonchev–Trinajstić information content (AvgIpc) is 2.02. The van der Waals surface area contributed by atoms with Crippen LogP contribution < -0.4 is 5.73 Å². The topological polar surface area (TPSA) is 26.0 Å². The van der Waals surface area contributed by atoms with Crippen LogP contribution in [0.5, 0.6) is 0 Å². The van der Waals surface area contributed by atoms with Crippen molar-refractivity contribution < 1.29 is 8.78 Å². The number of benzene rings is 1. The fourth-order valence-corrected chi connectivity index (χ4v) is 1.38. The summed E-state index contributed by atoms with van der Waals surface area (Å²) in [6, 6.07) is 4.82. The van der Waals surface area contributed by atoms with E-state index in [0.29, 0.717) is 12.1 Å². The van der Waals surface area contributed by atoms with Crippen LogP contribution in [0.1, 0.15) is 23.6 Å². The Kier molecular flexibility index (Phi) is 2.66. The predicted molar refractivity (Wildman–Crippen MR) is 48.6 cm³/mol. The van der Waals surface area contributed by atoms with Crippen molar-refractivity contribution in [3.8, 4) is 0 Å². The largest absolute Gasteiger partial charge is 0.326 e. The Balaban J connectivity index is 3.24. The van der Waals surface area contributed by atoms with E-state index in [-0.39, 0.29) is 5.56 Å². The molecule has 1 aromatic rings. The first-order chi connectivity index (χ1) is 5.96. The fraction of sp³-hybridized carbons (Fsp3) is 0.400. The summed E-state index contributed by atoms with van der Waals surface area (Å²) in [5.41, 5.74) is 6.85. The summed E-state index contributed by atoms with van der Waals surface area (Å²) in [6.07, 6.45) is 0. The summed E-state index contributed by atoms with van der Waals surface area (Å²) in [5, 5.41) is 0. The van der Waals surface area contributed by atoms with Crippen LogP contribution in [0.25, 0.3) is 0 Å². The molecule has 13 heavy (non-hydrogen) atoms. The molecule has 0 saturated heterocycles. The van der Waals surface area contributed by atoms with E-state index in [9.17, 15) is 8.78 Å². The highest BCUT2D eigenvalue weighted by Gasteiger charge is 2.26. The van der Waals surface area contributed by atoms with Crippen molar-refractivity contribution >= 4 is 0 Å². The summed E-state index contributed by atoms with van der Waals surface area (Å²) in [5.74, 6) is -2.78. The van der Waals surface area contributed by atoms with Gasteiger partial charge in [-0.2, -0.15) is 0 Å². The highest BCUT2D eigenvalue weighted by atomic mass is 19.3. The molecule has 3 heteroatoms. The second-order valence-electron chi connectivity index (χ2n) is 3.18. The first kappa shape index (κ1) is 10.1. The first-order valence-corrected chi connectivity index (χ1v) is 4.13. The second-order valence-corrected chi connectivity index (χ2v) is 3.18. The molecule has 1 nitrogen and oxygen atoms in total. The van der Waals surface area contributed by atoms with Gasteiger partial charge in [-0.25, -0.2) is 8.78 Å². The zero-order chi connectivity index (χ0) is 10.1. The molecule has 0 unspecified atom stereocenters. The lowest BCUT2D eigenvalue weighted by atomic mass is 9.98. The molecule has 0 aliphatic carbocycles. The summed E-state index contributed by atoms with van der Waals surface area (Å²) in [7, 11) is 0. The number of hydrogen-bond acceptors (Lipinski definition) is 1. The maximum atomic E-state index is 13.0. The molecule has 0 radical (unpaired) electrons. The van der Waals surface area contributed by atoms with Crippen LogP contribution in [0.15, 0.2) is 18.2 Å². The van der Waals surface area contributed by atoms with Crippen LogP contribution in [-0.2, 0) is 12.5 Å². The Morgan fingerprint density at radius 2 is 2.00 bits per heavy atom. The molecule has 0 aliphatic heterocycles. The monoisotopic (exact) mass is 185 g/mol. The van der Waals surface area contributed by atoms with Gasteiger partial charge in [-0.05, 0) is 18.1 Å². The Bertz CT molecular complexity index is 302. The van der Waals surface area contributed by atoms with E-state index in [2.05, 4.69) is 0 Å². The summed E-state index contributed by atoms with van der Waals surface area (Å²) < 4.78 is 26.0. The van der Waals surface area contributed by atoms with Crippen molar-refractivity contribution in [2.75, 3.05) is 0 Å². The molecule has 1 rings (SSSR count). The number of halogens is 2. The highest BCUT2D eigenvalue weighted by Crippen LogP contribution is 2.30. The van der Waals surface area contributed by atoms with Crippen LogP contribution >= 0.6 is 0 Å². The minimum atomic E-state index is -2.78. The van der Waals surface area contributed by atoms with Crippen LogP contribution in [0.2, 0.25) is 0 Å². The molecule has 0 amide bonds. The van der Waals surface area contributed by atoms with Crippen LogP contribution in [0.4, 0.5) is 8.78 Å². The van der Waals surface area contributed by atoms with E-state index < -0.39 is 5.92 Å². The van der Waals surface area contributed by atoms with E-state index >= 15 is 0 Å². The lowest BCUT2D eigenvalue weighted by Crippen LogP contribution is -2.11. The fourth-order valence-electron chi connectivity index (χ4n) is 1.38. The lowest BCUT2D eigenvalue weighted by Gasteiger charge is -2.15. The van der Waals surface area contributed by atoms with E-state index in [1.165, 1.54) is 6.07 Å². The molecule has 2 N–H and O–H groups in total. The van der Waals surface area contributed by atoms with Crippen LogP contribution in [0.3, 0.4) is 0 Å². The van der Waals surface area contributed by atoms with Gasteiger partial charge in [-0.3, -0.25) is 0 Å². The van der Waals surface area contributed by atoms with Crippen LogP contribution in [-0.4, -0.2) is 0 Å². The van der Waals surface area contributed by atoms with Crippen molar-refractivity contribution in [3.05, 3.63) is 34.9 Å². The quantitative estimate of drug-likeness (QED) is 0.752. The average molecular weight is 185 g/mol. The van der Waals surface area contributed by atoms with E-state index in [1.807, 2.05) is 0 Å². The molecule has 1 aromatic carbocycles. The van der Waals surface area contributed by atoms with Crippen molar-refractivity contribution in [2.24, 2.45) is 5.73 Å². The van der Waals surface area contributed by atoms with Gasteiger partial charge >= 0.3 is 0 Å². The first-order valence-electron chi connectivity index (χ1n) is 4.13. The van der Waals surface area contributed by atoms with E-state index in [1.54, 1.807) is 19.1 Å². The molecule has 0 bridgehead atoms. The van der Waals surface area contributed by atoms with Gasteiger partial charge in [0.1, 0.15) is 0 Å². The van der Waals surface area contributed by atoms with E-state index in [0.717, 1.165) is 12.5 Å². The minimum Gasteiger partial charge on any atom is -0.326 e. The Labute approximate surface area is 76.6 Å². The molecule has 0 aromatic heterocycles. The molecular weight excluding hydrogens is 172 g/mol. The second kappa shape index (κ2) is 3.42. The number of rotatable bonds is 2. The molecule has 0 fully saturated rings. The van der Waals surface area contributed by atoms with Crippen molar-refractivity contribution in [1.82, 2.24) is 0 Å². The number of nitrogens with two attached hydrogens (primary N) is 1. The molecule has 0 atom stereocenters. The molecule has 0 aliphatic rings. The lowest BCUT2D eigenvalue weighted by molar-refractivity contribution is 0.0167. The third-order valence-electron chi connectivity index (χ3n) is 2.14. The van der Waals surface area contributed by atoms with E-state index in [4.69, 9.17) is 5.73 Å². The SMILES string of the molecule is Cc1c(CN)cccc1C(C)(F)F. The van der Waals surface area contributed by atoms with Crippen molar-refractivity contribution in [1.29, 1.82) is 0 Å². The van der Waals surface area contributed by atoms with Gasteiger partial charge in [0.15, 0.2) is 0 Å². The smallest absolute Gasteiger partial charge is 0.270 e. The zero-order valence-corrected chi connectivity index (χ0v) is 7.77. The molecule has 0 spiro atoms. The third-order valence-corrected chi connectivity index (χ3v) is 2.14. The van der Waals surface area contributed by atoms with Gasteiger partial charge in [0.25, 0.3) is 5.92 Å².